The Labute approximate surface area is 177 Å². The van der Waals surface area contributed by atoms with Crippen molar-refractivity contribution in [1.82, 2.24) is 24.1 Å². The highest BCUT2D eigenvalue weighted by Crippen LogP contribution is 2.29. The minimum Gasteiger partial charge on any atom is -0.381 e. The monoisotopic (exact) mass is 424 g/mol. The number of aromatic nitrogens is 5. The van der Waals surface area contributed by atoms with Gasteiger partial charge in [0.1, 0.15) is 5.52 Å². The van der Waals surface area contributed by atoms with Crippen molar-refractivity contribution in [3.05, 3.63) is 39.4 Å². The van der Waals surface area contributed by atoms with Crippen LogP contribution in [0.1, 0.15) is 23.4 Å². The smallest absolute Gasteiger partial charge is 0.330 e. The zero-order valence-corrected chi connectivity index (χ0v) is 18.1. The number of rotatable bonds is 4. The molecular formula is C21H24N6O2S. The number of benzene rings is 1. The third kappa shape index (κ3) is 3.37. The van der Waals surface area contributed by atoms with E-state index in [0.717, 1.165) is 58.0 Å². The van der Waals surface area contributed by atoms with Gasteiger partial charge in [-0.3, -0.25) is 9.13 Å². The van der Waals surface area contributed by atoms with Crippen LogP contribution in [-0.2, 0) is 18.3 Å². The van der Waals surface area contributed by atoms with E-state index in [-0.39, 0.29) is 5.69 Å². The van der Waals surface area contributed by atoms with Gasteiger partial charge in [0, 0.05) is 32.5 Å². The Bertz CT molecular complexity index is 1300. The van der Waals surface area contributed by atoms with Gasteiger partial charge in [-0.2, -0.15) is 4.98 Å². The highest BCUT2D eigenvalue weighted by Gasteiger charge is 2.20. The molecule has 9 heteroatoms. The largest absolute Gasteiger partial charge is 0.381 e. The third-order valence-corrected chi connectivity index (χ3v) is 6.69. The Hall–Kier alpha value is -2.78. The molecule has 0 spiro atoms. The number of aryl methyl sites for hydroxylation is 3. The van der Waals surface area contributed by atoms with Crippen LogP contribution in [-0.4, -0.2) is 37.3 Å². The summed E-state index contributed by atoms with van der Waals surface area (Å²) in [6.45, 7) is 6.21. The molecule has 4 aromatic rings. The molecule has 0 unspecified atom stereocenters. The first kappa shape index (κ1) is 19.2. The van der Waals surface area contributed by atoms with Crippen LogP contribution in [0.15, 0.2) is 23.1 Å². The molecule has 1 aliphatic rings. The summed E-state index contributed by atoms with van der Waals surface area (Å²) >= 11 is 1.66. The summed E-state index contributed by atoms with van der Waals surface area (Å²) in [5, 5.41) is 4.38. The maximum atomic E-state index is 12.8. The number of imidazole rings is 1. The summed E-state index contributed by atoms with van der Waals surface area (Å²) in [6.07, 6.45) is 3.65. The van der Waals surface area contributed by atoms with Crippen LogP contribution in [0.2, 0.25) is 0 Å². The topological polar surface area (TPSA) is 86.9 Å². The normalized spacial score (nSPS) is 15.3. The summed E-state index contributed by atoms with van der Waals surface area (Å²) in [5.74, 6) is 0.908. The number of thiazole rings is 1. The molecule has 8 nitrogen and oxygen atoms in total. The first-order chi connectivity index (χ1) is 14.5. The number of hydrogen-bond donors (Lipinski definition) is 1. The summed E-state index contributed by atoms with van der Waals surface area (Å²) in [5.41, 5.74) is 4.37. The maximum absolute atomic E-state index is 12.8. The van der Waals surface area contributed by atoms with E-state index in [0.29, 0.717) is 24.1 Å². The summed E-state index contributed by atoms with van der Waals surface area (Å²) in [4.78, 5) is 26.6. The van der Waals surface area contributed by atoms with E-state index in [4.69, 9.17) is 9.72 Å². The number of nitrogens with one attached hydrogen (secondary N) is 1. The lowest BCUT2D eigenvalue weighted by Crippen LogP contribution is -2.28. The quantitative estimate of drug-likeness (QED) is 0.539. The number of anilines is 2. The van der Waals surface area contributed by atoms with Crippen LogP contribution in [0.3, 0.4) is 0 Å². The summed E-state index contributed by atoms with van der Waals surface area (Å²) in [6, 6.07) is 4.16. The van der Waals surface area contributed by atoms with E-state index in [1.54, 1.807) is 33.7 Å². The van der Waals surface area contributed by atoms with E-state index in [1.807, 2.05) is 13.8 Å². The van der Waals surface area contributed by atoms with Crippen molar-refractivity contribution in [3.63, 3.8) is 0 Å². The van der Waals surface area contributed by atoms with Crippen LogP contribution < -0.4 is 11.0 Å². The van der Waals surface area contributed by atoms with E-state index in [1.165, 1.54) is 0 Å². The molecule has 1 saturated heterocycles. The van der Waals surface area contributed by atoms with Crippen molar-refractivity contribution in [2.45, 2.75) is 33.2 Å². The minimum atomic E-state index is -0.0549. The van der Waals surface area contributed by atoms with Crippen LogP contribution in [0.5, 0.6) is 0 Å². The molecule has 1 aromatic carbocycles. The average Bonchev–Trinajstić information content (AvgIpc) is 3.20. The van der Waals surface area contributed by atoms with E-state index >= 15 is 0 Å². The molecule has 0 radical (unpaired) electrons. The molecule has 3 aromatic heterocycles. The predicted octanol–water partition coefficient (Wildman–Crippen LogP) is 3.53. The molecule has 1 N–H and O–H groups in total. The first-order valence-corrected chi connectivity index (χ1v) is 11.0. The molecule has 4 heterocycles. The molecule has 1 fully saturated rings. The molecule has 5 rings (SSSR count). The Morgan fingerprint density at radius 1 is 1.23 bits per heavy atom. The Balaban J connectivity index is 1.52. The van der Waals surface area contributed by atoms with Gasteiger partial charge in [0.05, 0.1) is 21.4 Å². The zero-order chi connectivity index (χ0) is 20.8. The second-order valence-electron chi connectivity index (χ2n) is 7.90. The fourth-order valence-corrected chi connectivity index (χ4v) is 4.89. The molecule has 156 valence electrons. The van der Waals surface area contributed by atoms with Crippen molar-refractivity contribution in [2.75, 3.05) is 18.5 Å². The van der Waals surface area contributed by atoms with Crippen LogP contribution in [0.4, 0.5) is 11.6 Å². The van der Waals surface area contributed by atoms with Gasteiger partial charge in [0.2, 0.25) is 5.95 Å². The molecule has 30 heavy (non-hydrogen) atoms. The molecule has 0 atom stereocenters. The molecule has 1 aliphatic heterocycles. The highest BCUT2D eigenvalue weighted by atomic mass is 32.1. The van der Waals surface area contributed by atoms with Gasteiger partial charge in [-0.05, 0) is 50.3 Å². The summed E-state index contributed by atoms with van der Waals surface area (Å²) in [7, 11) is 1.77. The summed E-state index contributed by atoms with van der Waals surface area (Å²) < 4.78 is 9.98. The minimum absolute atomic E-state index is 0.0549. The lowest BCUT2D eigenvalue weighted by molar-refractivity contribution is 0.0612. The molecule has 0 amide bonds. The van der Waals surface area contributed by atoms with E-state index in [2.05, 4.69) is 27.4 Å². The van der Waals surface area contributed by atoms with Crippen molar-refractivity contribution in [1.29, 1.82) is 0 Å². The van der Waals surface area contributed by atoms with Crippen molar-refractivity contribution in [3.8, 4) is 0 Å². The van der Waals surface area contributed by atoms with Gasteiger partial charge in [0.25, 0.3) is 0 Å². The van der Waals surface area contributed by atoms with E-state index < -0.39 is 0 Å². The molecule has 0 aliphatic carbocycles. The number of fused-ring (bicyclic) bond motifs is 2. The fourth-order valence-electron chi connectivity index (χ4n) is 4.04. The van der Waals surface area contributed by atoms with E-state index in [9.17, 15) is 4.79 Å². The van der Waals surface area contributed by atoms with Gasteiger partial charge in [-0.15, -0.1) is 11.3 Å². The third-order valence-electron chi connectivity index (χ3n) is 5.75. The zero-order valence-electron chi connectivity index (χ0n) is 17.3. The molecular weight excluding hydrogens is 400 g/mol. The van der Waals surface area contributed by atoms with Gasteiger partial charge < -0.3 is 10.1 Å². The second kappa shape index (κ2) is 7.48. The molecule has 0 bridgehead atoms. The first-order valence-electron chi connectivity index (χ1n) is 10.1. The van der Waals surface area contributed by atoms with Crippen LogP contribution in [0.25, 0.3) is 21.4 Å². The Morgan fingerprint density at radius 3 is 2.83 bits per heavy atom. The van der Waals surface area contributed by atoms with Gasteiger partial charge in [0.15, 0.2) is 5.65 Å². The van der Waals surface area contributed by atoms with Crippen molar-refractivity contribution >= 4 is 44.4 Å². The van der Waals surface area contributed by atoms with Gasteiger partial charge in [-0.1, -0.05) is 0 Å². The van der Waals surface area contributed by atoms with Crippen molar-refractivity contribution < 1.29 is 4.74 Å². The maximum Gasteiger partial charge on any atom is 0.330 e. The SMILES string of the molecule is Cc1nc2cc(C)c(Nc3ncc4c(n3)n(CC3CCOCC3)c(=O)n4C)cc2s1. The highest BCUT2D eigenvalue weighted by molar-refractivity contribution is 7.18. The number of nitrogens with zero attached hydrogens (tertiary/aromatic N) is 5. The predicted molar refractivity (Wildman–Crippen MR) is 119 cm³/mol. The lowest BCUT2D eigenvalue weighted by Gasteiger charge is -2.22. The van der Waals surface area contributed by atoms with Crippen LogP contribution >= 0.6 is 11.3 Å². The Kier molecular flexibility index (Phi) is 4.79. The Morgan fingerprint density at radius 2 is 2.03 bits per heavy atom. The van der Waals surface area contributed by atoms with Gasteiger partial charge >= 0.3 is 5.69 Å². The molecule has 0 saturated carbocycles. The standard InChI is InChI=1S/C21H24N6O2S/c1-12-8-16-18(30-13(2)23-16)9-15(12)24-20-22-10-17-19(25-20)27(21(28)26(17)3)11-14-4-6-29-7-5-14/h8-10,14H,4-7,11H2,1-3H3,(H,22,24,25). The fraction of sp³-hybridized carbons (Fsp3) is 0.429. The van der Waals surface area contributed by atoms with Gasteiger partial charge in [-0.25, -0.2) is 14.8 Å². The van der Waals surface area contributed by atoms with Crippen molar-refractivity contribution in [2.24, 2.45) is 13.0 Å². The number of ether oxygens (including phenoxy) is 1. The average molecular weight is 425 g/mol. The van der Waals surface area contributed by atoms with Crippen LogP contribution in [0, 0.1) is 19.8 Å². The second-order valence-corrected chi connectivity index (χ2v) is 9.14. The lowest BCUT2D eigenvalue weighted by atomic mass is 10.0. The number of hydrogen-bond acceptors (Lipinski definition) is 7.